The second-order valence-electron chi connectivity index (χ2n) is 22.0. The fourth-order valence-electron chi connectivity index (χ4n) is 10.1. The quantitative estimate of drug-likeness (QED) is 0.0354. The summed E-state index contributed by atoms with van der Waals surface area (Å²) < 4.78 is 140. The summed E-state index contributed by atoms with van der Waals surface area (Å²) in [6.07, 6.45) is -8.65. The van der Waals surface area contributed by atoms with Crippen molar-refractivity contribution in [3.8, 4) is 11.8 Å². The van der Waals surface area contributed by atoms with E-state index < -0.39 is 108 Å². The summed E-state index contributed by atoms with van der Waals surface area (Å²) in [6.45, 7) is 4.34. The van der Waals surface area contributed by atoms with Crippen LogP contribution in [-0.2, 0) is 41.5 Å². The van der Waals surface area contributed by atoms with Gasteiger partial charge in [0.1, 0.15) is 29.5 Å². The van der Waals surface area contributed by atoms with E-state index in [1.165, 1.54) is 24.4 Å². The first kappa shape index (κ1) is 63.5. The second kappa shape index (κ2) is 26.6. The lowest BCUT2D eigenvalue weighted by atomic mass is 9.82. The summed E-state index contributed by atoms with van der Waals surface area (Å²) in [5, 5.41) is 18.8. The summed E-state index contributed by atoms with van der Waals surface area (Å²) in [7, 11) is 1.65. The number of pyridine rings is 1. The maximum absolute atomic E-state index is 16.2. The number of hydrazine groups is 1. The minimum Gasteiger partial charge on any atom is -0.453 e. The Bertz CT molecular complexity index is 2870. The van der Waals surface area contributed by atoms with Crippen LogP contribution in [0.2, 0.25) is 0 Å². The van der Waals surface area contributed by atoms with Crippen molar-refractivity contribution in [3.63, 3.8) is 0 Å². The van der Waals surface area contributed by atoms with Crippen molar-refractivity contribution in [2.24, 2.45) is 21.6 Å². The van der Waals surface area contributed by atoms with Gasteiger partial charge in [-0.15, -0.1) is 0 Å². The highest BCUT2D eigenvalue weighted by Crippen LogP contribution is 2.42. The van der Waals surface area contributed by atoms with E-state index in [0.717, 1.165) is 71.3 Å². The summed E-state index contributed by atoms with van der Waals surface area (Å²) >= 11 is 0. The average molecular weight is 1180 g/mol. The van der Waals surface area contributed by atoms with Crippen LogP contribution < -0.4 is 32.0 Å². The van der Waals surface area contributed by atoms with E-state index in [9.17, 15) is 50.6 Å². The van der Waals surface area contributed by atoms with Crippen molar-refractivity contribution in [2.45, 2.75) is 121 Å². The van der Waals surface area contributed by atoms with Crippen molar-refractivity contribution in [1.29, 1.82) is 0 Å². The van der Waals surface area contributed by atoms with E-state index in [2.05, 4.69) is 51.8 Å². The third-order valence-corrected chi connectivity index (χ3v) is 15.5. The molecule has 7 N–H and O–H groups in total. The van der Waals surface area contributed by atoms with E-state index in [4.69, 9.17) is 15.2 Å². The van der Waals surface area contributed by atoms with Crippen molar-refractivity contribution >= 4 is 41.7 Å². The third kappa shape index (κ3) is 15.6. The maximum Gasteiger partial charge on any atom is 0.407 e. The number of aliphatic hydroxyl groups excluding tert-OH is 1. The largest absolute Gasteiger partial charge is 0.453 e. The molecule has 4 aliphatic rings. The van der Waals surface area contributed by atoms with Crippen LogP contribution in [0.1, 0.15) is 74.8 Å². The first-order valence-electron chi connectivity index (χ1n) is 26.7. The van der Waals surface area contributed by atoms with Gasteiger partial charge < -0.3 is 50.6 Å². The molecule has 0 aliphatic carbocycles. The number of piperazine rings is 1. The number of aliphatic hydroxyl groups is 1. The number of nitrogens with one attached hydrogen (secondary N) is 4. The number of carbonyl (C=O) groups is 4. The van der Waals surface area contributed by atoms with Gasteiger partial charge in [0.15, 0.2) is 0 Å². The number of alkyl carbamates (subject to hydrolysis) is 2. The van der Waals surface area contributed by atoms with Crippen LogP contribution in [0.25, 0.3) is 5.70 Å². The minimum atomic E-state index is -5.20. The Labute approximate surface area is 474 Å². The number of benzene rings is 2. The zero-order chi connectivity index (χ0) is 60.6. The molecule has 4 amide bonds. The number of halogens is 8. The molecule has 19 nitrogen and oxygen atoms in total. The van der Waals surface area contributed by atoms with Gasteiger partial charge in [0.05, 0.1) is 69.1 Å². The average Bonchev–Trinajstić information content (AvgIpc) is 3.44. The van der Waals surface area contributed by atoms with E-state index in [1.54, 1.807) is 18.3 Å². The molecule has 1 aromatic heterocycles. The number of ether oxygens (including phenoxy) is 4. The molecule has 83 heavy (non-hydrogen) atoms. The lowest BCUT2D eigenvalue weighted by Crippen LogP contribution is -2.63. The Morgan fingerprint density at radius 1 is 0.807 bits per heavy atom. The molecular weight excluding hydrogens is 1110 g/mol. The number of nitrogens with zero attached hydrogens (tertiary/aromatic N) is 5. The molecule has 0 radical (unpaired) electrons. The normalized spacial score (nSPS) is 20.4. The number of hydrogen-bond donors (Lipinski definition) is 6. The summed E-state index contributed by atoms with van der Waals surface area (Å²) in [4.78, 5) is 66.9. The third-order valence-electron chi connectivity index (χ3n) is 15.5. The fraction of sp³-hybridized carbons (Fsp3) is 0.536. The smallest absolute Gasteiger partial charge is 0.407 e. The van der Waals surface area contributed by atoms with E-state index >= 15 is 8.78 Å². The van der Waals surface area contributed by atoms with Gasteiger partial charge in [0.2, 0.25) is 5.91 Å². The van der Waals surface area contributed by atoms with Crippen molar-refractivity contribution in [1.82, 2.24) is 36.3 Å². The molecule has 2 bridgehead atoms. The zero-order valence-electron chi connectivity index (χ0n) is 46.5. The van der Waals surface area contributed by atoms with Gasteiger partial charge in [-0.05, 0) is 101 Å². The lowest BCUT2D eigenvalue weighted by Gasteiger charge is -2.47. The summed E-state index contributed by atoms with van der Waals surface area (Å²) in [5.74, 6) is 1.19. The molecule has 4 fully saturated rings. The number of rotatable bonds is 20. The molecule has 27 heteroatoms. The second-order valence-corrected chi connectivity index (χ2v) is 22.0. The number of anilines is 1. The maximum atomic E-state index is 16.2. The van der Waals surface area contributed by atoms with Gasteiger partial charge in [0.25, 0.3) is 5.91 Å². The van der Waals surface area contributed by atoms with Gasteiger partial charge in [-0.1, -0.05) is 24.0 Å². The Balaban J connectivity index is 1.17. The number of methoxy groups -OCH3 is 2. The highest BCUT2D eigenvalue weighted by molar-refractivity contribution is 5.87. The van der Waals surface area contributed by atoms with Crippen molar-refractivity contribution < 1.29 is 78.4 Å². The Morgan fingerprint density at radius 2 is 1.37 bits per heavy atom. The number of allylic oxidation sites excluding steroid dienone is 1. The Kier molecular flexibility index (Phi) is 20.4. The van der Waals surface area contributed by atoms with Crippen LogP contribution in [0.15, 0.2) is 65.8 Å². The number of fused-ring (bicyclic) bond motifs is 2. The highest BCUT2D eigenvalue weighted by Gasteiger charge is 2.57. The number of aliphatic imine (C=N–C) groups is 1. The van der Waals surface area contributed by atoms with Gasteiger partial charge in [-0.2, -0.15) is 26.3 Å². The molecule has 3 unspecified atom stereocenters. The zero-order valence-corrected chi connectivity index (χ0v) is 46.5. The molecule has 3 aromatic rings. The number of amides is 4. The molecule has 7 rings (SSSR count). The minimum absolute atomic E-state index is 0.134. The fourth-order valence-corrected chi connectivity index (χ4v) is 10.1. The van der Waals surface area contributed by atoms with Gasteiger partial charge in [0, 0.05) is 85.2 Å². The van der Waals surface area contributed by atoms with E-state index in [0.29, 0.717) is 87.2 Å². The number of carbonyl (C=O) groups excluding carboxylic acids is 4. The Morgan fingerprint density at radius 3 is 1.88 bits per heavy atom. The highest BCUT2D eigenvalue weighted by atomic mass is 19.4. The molecule has 0 spiro atoms. The van der Waals surface area contributed by atoms with Crippen LogP contribution in [0.4, 0.5) is 50.5 Å². The molecule has 0 saturated carbocycles. The number of nitrogens with two attached hydrogens (primary N) is 1. The first-order chi connectivity index (χ1) is 39.1. The monoisotopic (exact) mass is 1180 g/mol. The molecule has 4 aliphatic heterocycles. The number of hydrogen-bond acceptors (Lipinski definition) is 15. The molecule has 7 atom stereocenters. The van der Waals surface area contributed by atoms with Crippen LogP contribution in [0.5, 0.6) is 0 Å². The van der Waals surface area contributed by atoms with Crippen molar-refractivity contribution in [2.75, 3.05) is 65.2 Å². The molecule has 4 saturated heterocycles. The van der Waals surface area contributed by atoms with Crippen LogP contribution in [0.3, 0.4) is 0 Å². The predicted octanol–water partition coefficient (Wildman–Crippen LogP) is 5.52. The van der Waals surface area contributed by atoms with Crippen LogP contribution in [-0.4, -0.2) is 171 Å². The summed E-state index contributed by atoms with van der Waals surface area (Å²) in [5.41, 5.74) is 2.39. The van der Waals surface area contributed by atoms with E-state index in [1.807, 2.05) is 22.8 Å². The Hall–Kier alpha value is -7.12. The SMILES string of the molecule is COC(=O)NC(C(=O)N[C@@H](Cc1ccc(C#Cc2ccc(N3CC4CCC(C3)N4C3COC3)nc2)cc1)[C@@H](O)CN(Cc1c(F)cc(C(N)=CC=N[C@H]2CCOC2)cc1F)NC(=O)[C@@H](NC(=O)OC)C(C)(C)C(F)(F)F)C(C)(C)C(F)(F)F. The standard InChI is InChI=1S/C56H68F8N10O9/c1-53(2,55(59,60)61)47(69-51(78)80-5)49(76)68-44(21-33-10-7-32(8-11-33)9-12-34-13-16-46(67-24-34)72-25-37-14-15-38(26-72)74(37)39-30-83-31-39)45(75)28-73(71-50(77)48(70-52(79)81-6)54(3,4)56(62,63)64)27-40-41(57)22-35(23-42(40)58)43(65)17-19-66-36-18-20-82-29-36/h7-8,10-11,13,16-17,19,22-24,36-39,44-45,47-48,75H,14-15,18,20-21,25-31,65H2,1-6H3,(H,68,76)(H,69,78)(H,70,79)(H,71,77)/t36-,37?,38?,44-,45-,47?,48+/m0/s1. The predicted molar refractivity (Wildman–Crippen MR) is 287 cm³/mol. The number of alkyl halides is 6. The van der Waals surface area contributed by atoms with Crippen LogP contribution >= 0.6 is 0 Å². The van der Waals surface area contributed by atoms with Gasteiger partial charge in [-0.25, -0.2) is 28.4 Å². The van der Waals surface area contributed by atoms with Gasteiger partial charge in [-0.3, -0.25) is 24.9 Å². The molecule has 5 heterocycles. The topological polar surface area (TPSA) is 235 Å². The first-order valence-corrected chi connectivity index (χ1v) is 26.7. The van der Waals surface area contributed by atoms with Gasteiger partial charge >= 0.3 is 24.5 Å². The molecule has 2 aromatic carbocycles. The van der Waals surface area contributed by atoms with Crippen molar-refractivity contribution in [3.05, 3.63) is 100 Å². The van der Waals surface area contributed by atoms with Crippen LogP contribution in [0, 0.1) is 34.3 Å². The molecular formula is C56H68F8N10O9. The molecule has 452 valence electrons. The summed E-state index contributed by atoms with van der Waals surface area (Å²) in [6, 6.07) is 6.06. The lowest BCUT2D eigenvalue weighted by molar-refractivity contribution is -0.221. The number of aromatic nitrogens is 1. The van der Waals surface area contributed by atoms with E-state index in [-0.39, 0.29) is 17.3 Å².